The summed E-state index contributed by atoms with van der Waals surface area (Å²) in [7, 11) is 0. The fraction of sp³-hybridized carbons (Fsp3) is 0. The zero-order chi connectivity index (χ0) is 77.8. The molecule has 6 aromatic heterocycles. The number of para-hydroxylation sites is 3. The highest BCUT2D eigenvalue weighted by atomic mass is 79.9. The van der Waals surface area contributed by atoms with Crippen LogP contribution in [0.4, 0.5) is 0 Å². The van der Waals surface area contributed by atoms with Gasteiger partial charge in [-0.2, -0.15) is 0 Å². The summed E-state index contributed by atoms with van der Waals surface area (Å²) in [5.74, 6) is 0. The van der Waals surface area contributed by atoms with E-state index in [1.807, 2.05) is 200 Å². The van der Waals surface area contributed by atoms with Crippen LogP contribution in [0.25, 0.3) is 141 Å². The number of nitrogens with zero attached hydrogens (tertiary/aromatic N) is 5. The van der Waals surface area contributed by atoms with E-state index in [-0.39, 0.29) is 0 Å². The Bertz CT molecular complexity index is 6660. The summed E-state index contributed by atoms with van der Waals surface area (Å²) in [5, 5.41) is 14.4. The maximum atomic E-state index is 6.11. The van der Waals surface area contributed by atoms with Gasteiger partial charge in [0.25, 0.3) is 0 Å². The molecule has 7 nitrogen and oxygen atoms in total. The molecule has 0 fully saturated rings. The van der Waals surface area contributed by atoms with E-state index in [9.17, 15) is 0 Å². The number of aromatic nitrogens is 5. The van der Waals surface area contributed by atoms with Crippen molar-refractivity contribution in [3.63, 3.8) is 0 Å². The molecule has 16 heteroatoms. The lowest BCUT2D eigenvalue weighted by Gasteiger charge is -2.06. The van der Waals surface area contributed by atoms with Crippen LogP contribution in [0.3, 0.4) is 0 Å². The third-order valence-corrected chi connectivity index (χ3v) is 22.5. The monoisotopic (exact) mass is 1900 g/mol. The predicted molar refractivity (Wildman–Crippen MR) is 498 cm³/mol. The van der Waals surface area contributed by atoms with Crippen molar-refractivity contribution in [1.82, 2.24) is 24.9 Å². The van der Waals surface area contributed by atoms with E-state index in [0.717, 1.165) is 99.5 Å². The lowest BCUT2D eigenvalue weighted by molar-refractivity contribution is 0.667. The Labute approximate surface area is 717 Å². The van der Waals surface area contributed by atoms with Gasteiger partial charge in [0.05, 0.1) is 36.8 Å². The number of benzene rings is 15. The fourth-order valence-electron chi connectivity index (χ4n) is 12.5. The number of thiophene rings is 1. The molecule has 0 amide bonds. The molecular weight excluding hydrogens is 1850 g/mol. The van der Waals surface area contributed by atoms with Crippen LogP contribution < -0.4 is 0 Å². The summed E-state index contributed by atoms with van der Waals surface area (Å²) >= 11 is 34.0. The molecule has 15 aromatic carbocycles. The summed E-state index contributed by atoms with van der Waals surface area (Å²) in [6, 6.07) is 125. The second kappa shape index (κ2) is 38.9. The van der Waals surface area contributed by atoms with Crippen molar-refractivity contribution in [2.45, 2.75) is 0 Å². The molecule has 21 rings (SSSR count). The van der Waals surface area contributed by atoms with Crippen LogP contribution in [0.2, 0.25) is 10.3 Å². The van der Waals surface area contributed by atoms with Gasteiger partial charge < -0.3 is 8.83 Å². The van der Waals surface area contributed by atoms with Crippen LogP contribution in [0.5, 0.6) is 0 Å². The Morgan fingerprint density at radius 1 is 0.301 bits per heavy atom. The second-order valence-electron chi connectivity index (χ2n) is 25.2. The molecule has 113 heavy (non-hydrogen) atoms. The largest absolute Gasteiger partial charge is 0.456 e. The Morgan fingerprint density at radius 3 is 1.47 bits per heavy atom. The van der Waals surface area contributed by atoms with Crippen molar-refractivity contribution in [2.75, 3.05) is 0 Å². The molecule has 0 bridgehead atoms. The average molecular weight is 1910 g/mol. The highest BCUT2D eigenvalue weighted by Crippen LogP contribution is 2.40. The third-order valence-electron chi connectivity index (χ3n) is 17.8. The topological polar surface area (TPSA) is 90.7 Å². The van der Waals surface area contributed by atoms with Crippen LogP contribution in [0.1, 0.15) is 0 Å². The lowest BCUT2D eigenvalue weighted by atomic mass is 9.98. The van der Waals surface area contributed by atoms with Gasteiger partial charge in [0, 0.05) is 78.6 Å². The first-order valence-corrected chi connectivity index (χ1v) is 41.9. The average Bonchev–Trinajstić information content (AvgIpc) is 1.61. The number of halogens is 8. The zero-order valence-electron chi connectivity index (χ0n) is 59.9. The summed E-state index contributed by atoms with van der Waals surface area (Å²) in [4.78, 5) is 21.5. The molecule has 0 aliphatic carbocycles. The van der Waals surface area contributed by atoms with Gasteiger partial charge in [-0.05, 0) is 184 Å². The summed E-state index contributed by atoms with van der Waals surface area (Å²) < 4.78 is 20.1. The molecule has 6 heterocycles. The lowest BCUT2D eigenvalue weighted by Crippen LogP contribution is -1.91. The van der Waals surface area contributed by atoms with Crippen molar-refractivity contribution in [3.8, 4) is 44.9 Å². The summed E-state index contributed by atoms with van der Waals surface area (Å²) in [5.41, 5.74) is 13.1. The number of furan rings is 2. The Balaban J connectivity index is 0.000000110. The minimum atomic E-state index is 0.292. The molecule has 0 N–H and O–H groups in total. The zero-order valence-corrected chi connectivity index (χ0v) is 71.7. The van der Waals surface area contributed by atoms with Crippen molar-refractivity contribution < 1.29 is 8.83 Å². The number of hydrogen-bond donors (Lipinski definition) is 0. The van der Waals surface area contributed by atoms with E-state index in [2.05, 4.69) is 278 Å². The first kappa shape index (κ1) is 79.3. The van der Waals surface area contributed by atoms with E-state index in [1.165, 1.54) is 64.3 Å². The summed E-state index contributed by atoms with van der Waals surface area (Å²) in [6.07, 6.45) is 3.29. The quantitative estimate of drug-likeness (QED) is 0.162. The fourth-order valence-corrected chi connectivity index (χ4v) is 16.4. The minimum absolute atomic E-state index is 0.292. The van der Waals surface area contributed by atoms with Gasteiger partial charge in [-0.3, -0.25) is 4.98 Å². The van der Waals surface area contributed by atoms with E-state index < -0.39 is 0 Å². The van der Waals surface area contributed by atoms with Crippen LogP contribution in [-0.2, 0) is 0 Å². The van der Waals surface area contributed by atoms with Crippen molar-refractivity contribution in [1.29, 1.82) is 0 Å². The van der Waals surface area contributed by atoms with Gasteiger partial charge in [-0.25, -0.2) is 19.9 Å². The van der Waals surface area contributed by atoms with E-state index in [4.69, 9.17) is 32.0 Å². The third kappa shape index (κ3) is 20.6. The van der Waals surface area contributed by atoms with Gasteiger partial charge in [0.2, 0.25) is 5.28 Å². The molecule has 0 aliphatic rings. The van der Waals surface area contributed by atoms with E-state index in [1.54, 1.807) is 35.9 Å². The van der Waals surface area contributed by atoms with Gasteiger partial charge >= 0.3 is 0 Å². The van der Waals surface area contributed by atoms with E-state index in [0.29, 0.717) is 15.0 Å². The maximum Gasteiger partial charge on any atom is 0.223 e. The van der Waals surface area contributed by atoms with Crippen molar-refractivity contribution in [3.05, 3.63) is 420 Å². The van der Waals surface area contributed by atoms with Gasteiger partial charge in [0.1, 0.15) is 22.3 Å². The minimum Gasteiger partial charge on any atom is -0.456 e. The Kier molecular flexibility index (Phi) is 27.3. The molecule has 0 saturated carbocycles. The molecular formula is C97H63Br6Cl2N5O2S. The summed E-state index contributed by atoms with van der Waals surface area (Å²) in [6.45, 7) is 0. The second-order valence-corrected chi connectivity index (χ2v) is 32.2. The van der Waals surface area contributed by atoms with E-state index >= 15 is 0 Å². The highest BCUT2D eigenvalue weighted by Gasteiger charge is 2.16. The molecule has 0 radical (unpaired) electrons. The molecule has 21 aromatic rings. The number of pyridine rings is 1. The molecule has 0 saturated heterocycles. The number of hydrogen-bond acceptors (Lipinski definition) is 8. The Morgan fingerprint density at radius 2 is 0.823 bits per heavy atom. The smallest absolute Gasteiger partial charge is 0.223 e. The predicted octanol–water partition coefficient (Wildman–Crippen LogP) is 32.6. The van der Waals surface area contributed by atoms with Crippen molar-refractivity contribution in [2.24, 2.45) is 0 Å². The molecule has 550 valence electrons. The molecule has 0 unspecified atom stereocenters. The highest BCUT2D eigenvalue weighted by molar-refractivity contribution is 9.11. The van der Waals surface area contributed by atoms with Gasteiger partial charge in [-0.1, -0.05) is 348 Å². The van der Waals surface area contributed by atoms with Gasteiger partial charge in [0.15, 0.2) is 4.73 Å². The van der Waals surface area contributed by atoms with Crippen LogP contribution in [0.15, 0.2) is 418 Å². The normalized spacial score (nSPS) is 10.7. The molecule has 0 atom stereocenters. The first-order chi connectivity index (χ1) is 55.3. The SMILES string of the molecule is Brc1ccc2ccccc2c1.Brc1cccc(-c2ccc3c(ccc4oc5ccccc5c43)c2)c1.Brc1cccc2c1oc1ccccc12.Brc1cccc2ccccc12.Brc1ccccc1.Brc1nc(-c2ccccc2)cc(-c2ccccc2)n1.Clc1cccnc1.Clc1nc(-c2ccccc2)c2sc3ccccc3c2n1. The Hall–Kier alpha value is -10.3. The van der Waals surface area contributed by atoms with Crippen LogP contribution in [-0.4, -0.2) is 24.9 Å². The van der Waals surface area contributed by atoms with Crippen LogP contribution in [0, 0.1) is 0 Å². The standard InChI is InChI=1S/C22H13BrO.C16H11BrN2.C16H9ClN2S.C12H7BrO.2C10H7Br.C6H5Br.C5H4ClN/c23-17-5-3-4-14(13-17)15-8-10-18-16(12-15)9-11-21-22(18)19-6-1-2-7-20(19)24-21;17-16-18-14(12-7-3-1-4-8-12)11-15(19-16)13-9-5-2-6-10-13;17-16-18-13(10-6-2-1-3-7-10)15-14(19-16)11-8-4-5-9-12(11)20-15;13-10-6-3-5-9-8-4-1-2-7-11(8)14-12(9)10;11-10-7-3-5-8-4-1-2-6-9(8)10;11-10-6-5-8-3-1-2-4-9(8)7-10;7-6-4-2-1-3-5-6;6-5-2-1-3-7-4-5/h1-13H;1-11H;1-9H;1-7H;2*1-7H;1-5H;1-4H. The number of fused-ring (bicyclic) bond motifs is 13. The molecule has 0 spiro atoms. The number of rotatable bonds is 4. The first-order valence-electron chi connectivity index (χ1n) is 35.6. The van der Waals surface area contributed by atoms with Crippen LogP contribution >= 0.6 is 130 Å². The molecule has 0 aliphatic heterocycles. The van der Waals surface area contributed by atoms with Crippen molar-refractivity contribution >= 4 is 227 Å². The van der Waals surface area contributed by atoms with Gasteiger partial charge in [-0.15, -0.1) is 11.3 Å². The maximum absolute atomic E-state index is 6.11.